The topological polar surface area (TPSA) is 77.2 Å². The molecule has 0 bridgehead atoms. The molecule has 2 N–H and O–H groups in total. The quantitative estimate of drug-likeness (QED) is 0.887. The monoisotopic (exact) mass is 295 g/mol. The largest absolute Gasteiger partial charge is 0.366 e. The van der Waals surface area contributed by atoms with Crippen LogP contribution in [0.25, 0.3) is 0 Å². The zero-order valence-corrected chi connectivity index (χ0v) is 10.0. The van der Waals surface area contributed by atoms with Gasteiger partial charge in [-0.2, -0.15) is 0 Å². The van der Waals surface area contributed by atoms with Crippen LogP contribution in [0.15, 0.2) is 21.5 Å². The third kappa shape index (κ3) is 2.35. The predicted molar refractivity (Wildman–Crippen MR) is 55.7 cm³/mol. The fraction of sp³-hybridized carbons (Fsp3) is 0.125. The molecule has 0 saturated heterocycles. The summed E-state index contributed by atoms with van der Waals surface area (Å²) in [5.74, 6) is -1.75. The number of carbonyl (C=O) groups excluding carboxylic acids is 1. The van der Waals surface area contributed by atoms with Gasteiger partial charge >= 0.3 is 0 Å². The van der Waals surface area contributed by atoms with Crippen molar-refractivity contribution in [1.82, 2.24) is 0 Å². The first kappa shape index (κ1) is 12.1. The van der Waals surface area contributed by atoms with Crippen LogP contribution in [0.3, 0.4) is 0 Å². The van der Waals surface area contributed by atoms with E-state index in [1.165, 1.54) is 0 Å². The summed E-state index contributed by atoms with van der Waals surface area (Å²) in [5, 5.41) is 0. The summed E-state index contributed by atoms with van der Waals surface area (Å²) in [6.45, 7) is 0. The molecule has 0 fully saturated rings. The van der Waals surface area contributed by atoms with Crippen LogP contribution in [0.5, 0.6) is 0 Å². The first-order chi connectivity index (χ1) is 6.75. The zero-order valence-electron chi connectivity index (χ0n) is 7.62. The second kappa shape index (κ2) is 3.90. The SMILES string of the molecule is CS(=O)(=O)c1c(F)ccc(C(N)=O)c1Br. The number of hydrogen-bond donors (Lipinski definition) is 1. The Kier molecular flexibility index (Phi) is 3.15. The molecule has 0 unspecified atom stereocenters. The fourth-order valence-corrected chi connectivity index (χ4v) is 3.32. The van der Waals surface area contributed by atoms with Crippen LogP contribution < -0.4 is 5.73 Å². The van der Waals surface area contributed by atoms with Gasteiger partial charge in [0.1, 0.15) is 10.7 Å². The van der Waals surface area contributed by atoms with Gasteiger partial charge in [-0.15, -0.1) is 0 Å². The van der Waals surface area contributed by atoms with Gasteiger partial charge in [-0.05, 0) is 28.1 Å². The van der Waals surface area contributed by atoms with Gasteiger partial charge < -0.3 is 5.73 Å². The molecule has 0 radical (unpaired) electrons. The number of nitrogens with two attached hydrogens (primary N) is 1. The zero-order chi connectivity index (χ0) is 11.8. The Morgan fingerprint density at radius 1 is 1.47 bits per heavy atom. The average Bonchev–Trinajstić information content (AvgIpc) is 2.00. The number of primary amides is 1. The van der Waals surface area contributed by atoms with E-state index in [0.717, 1.165) is 18.4 Å². The van der Waals surface area contributed by atoms with Gasteiger partial charge in [-0.1, -0.05) is 0 Å². The molecule has 0 aliphatic heterocycles. The predicted octanol–water partition coefficient (Wildman–Crippen LogP) is 1.09. The Morgan fingerprint density at radius 3 is 2.40 bits per heavy atom. The van der Waals surface area contributed by atoms with E-state index in [1.54, 1.807) is 0 Å². The van der Waals surface area contributed by atoms with E-state index in [2.05, 4.69) is 15.9 Å². The second-order valence-electron chi connectivity index (χ2n) is 2.87. The van der Waals surface area contributed by atoms with E-state index in [-0.39, 0.29) is 10.0 Å². The van der Waals surface area contributed by atoms with Gasteiger partial charge in [0.2, 0.25) is 5.91 Å². The summed E-state index contributed by atoms with van der Waals surface area (Å²) in [5.41, 5.74) is 4.92. The molecule has 0 spiro atoms. The molecular weight excluding hydrogens is 289 g/mol. The smallest absolute Gasteiger partial charge is 0.249 e. The van der Waals surface area contributed by atoms with Crippen molar-refractivity contribution in [2.24, 2.45) is 5.73 Å². The number of rotatable bonds is 2. The van der Waals surface area contributed by atoms with Crippen LogP contribution in [0.2, 0.25) is 0 Å². The van der Waals surface area contributed by atoms with Crippen LogP contribution in [0.1, 0.15) is 10.4 Å². The first-order valence-corrected chi connectivity index (χ1v) is 6.41. The van der Waals surface area contributed by atoms with E-state index in [1.807, 2.05) is 0 Å². The summed E-state index contributed by atoms with van der Waals surface area (Å²) in [6, 6.07) is 2.01. The molecule has 1 aromatic carbocycles. The molecule has 4 nitrogen and oxygen atoms in total. The molecule has 1 aromatic rings. The number of carbonyl (C=O) groups is 1. The lowest BCUT2D eigenvalue weighted by Crippen LogP contribution is -2.14. The van der Waals surface area contributed by atoms with Crippen molar-refractivity contribution in [2.45, 2.75) is 4.90 Å². The Labute approximate surface area is 94.3 Å². The second-order valence-corrected chi connectivity index (χ2v) is 5.62. The number of benzene rings is 1. The highest BCUT2D eigenvalue weighted by Crippen LogP contribution is 2.28. The lowest BCUT2D eigenvalue weighted by Gasteiger charge is -2.06. The van der Waals surface area contributed by atoms with Crippen molar-refractivity contribution >= 4 is 31.7 Å². The van der Waals surface area contributed by atoms with Crippen molar-refractivity contribution in [2.75, 3.05) is 6.26 Å². The molecule has 7 heteroatoms. The lowest BCUT2D eigenvalue weighted by atomic mass is 10.2. The molecule has 0 heterocycles. The normalized spacial score (nSPS) is 11.4. The Bertz CT molecular complexity index is 527. The molecule has 0 atom stereocenters. The summed E-state index contributed by atoms with van der Waals surface area (Å²) in [7, 11) is -3.75. The Hall–Kier alpha value is -0.950. The third-order valence-corrected chi connectivity index (χ3v) is 3.91. The van der Waals surface area contributed by atoms with Gasteiger partial charge in [0.25, 0.3) is 0 Å². The van der Waals surface area contributed by atoms with Gasteiger partial charge in [-0.3, -0.25) is 4.79 Å². The third-order valence-electron chi connectivity index (χ3n) is 1.69. The number of halogens is 2. The van der Waals surface area contributed by atoms with Crippen LogP contribution in [-0.2, 0) is 9.84 Å². The molecule has 1 rings (SSSR count). The maximum Gasteiger partial charge on any atom is 0.249 e. The molecule has 0 aromatic heterocycles. The van der Waals surface area contributed by atoms with E-state index >= 15 is 0 Å². The number of amides is 1. The summed E-state index contributed by atoms with van der Waals surface area (Å²) < 4.78 is 35.5. The van der Waals surface area contributed by atoms with Crippen molar-refractivity contribution in [3.05, 3.63) is 28.0 Å². The van der Waals surface area contributed by atoms with Crippen molar-refractivity contribution in [1.29, 1.82) is 0 Å². The van der Waals surface area contributed by atoms with Crippen LogP contribution in [0, 0.1) is 5.82 Å². The molecule has 1 amide bonds. The minimum Gasteiger partial charge on any atom is -0.366 e. The molecule has 82 valence electrons. The standard InChI is InChI=1S/C8H7BrFNO3S/c1-15(13,14)7-5(10)3-2-4(6(7)9)8(11)12/h2-3H,1H3,(H2,11,12). The highest BCUT2D eigenvalue weighted by molar-refractivity contribution is 9.10. The molecule has 15 heavy (non-hydrogen) atoms. The maximum absolute atomic E-state index is 13.2. The minimum absolute atomic E-state index is 0.0724. The molecular formula is C8H7BrFNO3S. The molecule has 0 saturated carbocycles. The summed E-state index contributed by atoms with van der Waals surface area (Å²) in [4.78, 5) is 10.3. The lowest BCUT2D eigenvalue weighted by molar-refractivity contribution is 0.0999. The molecule has 0 aliphatic rings. The summed E-state index contributed by atoms with van der Waals surface area (Å²) in [6.07, 6.45) is 0.848. The fourth-order valence-electron chi connectivity index (χ4n) is 1.06. The van der Waals surface area contributed by atoms with Gasteiger partial charge in [0, 0.05) is 6.26 Å². The first-order valence-electron chi connectivity index (χ1n) is 3.73. The maximum atomic E-state index is 13.2. The highest BCUT2D eigenvalue weighted by Gasteiger charge is 2.22. The van der Waals surface area contributed by atoms with Gasteiger partial charge in [0.15, 0.2) is 9.84 Å². The van der Waals surface area contributed by atoms with Crippen molar-refractivity contribution in [3.63, 3.8) is 0 Å². The van der Waals surface area contributed by atoms with Crippen LogP contribution in [0.4, 0.5) is 4.39 Å². The number of hydrogen-bond acceptors (Lipinski definition) is 3. The van der Waals surface area contributed by atoms with E-state index in [4.69, 9.17) is 5.73 Å². The Morgan fingerprint density at radius 2 is 2.00 bits per heavy atom. The van der Waals surface area contributed by atoms with Crippen molar-refractivity contribution in [3.8, 4) is 0 Å². The highest BCUT2D eigenvalue weighted by atomic mass is 79.9. The van der Waals surface area contributed by atoms with E-state index in [9.17, 15) is 17.6 Å². The summed E-state index contributed by atoms with van der Waals surface area (Å²) >= 11 is 2.85. The number of sulfone groups is 1. The van der Waals surface area contributed by atoms with E-state index < -0.39 is 26.5 Å². The Balaban J connectivity index is 3.66. The van der Waals surface area contributed by atoms with Gasteiger partial charge in [0.05, 0.1) is 10.0 Å². The van der Waals surface area contributed by atoms with E-state index in [0.29, 0.717) is 0 Å². The molecule has 0 aliphatic carbocycles. The van der Waals surface area contributed by atoms with Crippen molar-refractivity contribution < 1.29 is 17.6 Å². The average molecular weight is 296 g/mol. The van der Waals surface area contributed by atoms with Crippen LogP contribution >= 0.6 is 15.9 Å². The minimum atomic E-state index is -3.75. The van der Waals surface area contributed by atoms with Gasteiger partial charge in [-0.25, -0.2) is 12.8 Å². The van der Waals surface area contributed by atoms with Crippen LogP contribution in [-0.4, -0.2) is 20.6 Å².